The molecule has 0 unspecified atom stereocenters. The number of aromatic nitrogens is 2. The van der Waals surface area contributed by atoms with Gasteiger partial charge in [0.1, 0.15) is 0 Å². The quantitative estimate of drug-likeness (QED) is 0.755. The molecule has 0 fully saturated rings. The molecule has 1 heterocycles. The number of hydrogen-bond donors (Lipinski definition) is 3. The van der Waals surface area contributed by atoms with Crippen LogP contribution in [0.4, 0.5) is 23.8 Å². The Morgan fingerprint density at radius 2 is 2.14 bits per heavy atom. The van der Waals surface area contributed by atoms with Crippen molar-refractivity contribution in [2.75, 3.05) is 12.3 Å². The minimum absolute atomic E-state index is 0.0160. The third kappa shape index (κ3) is 3.36. The van der Waals surface area contributed by atoms with Crippen LogP contribution in [0.1, 0.15) is 12.0 Å². The Labute approximate surface area is 117 Å². The van der Waals surface area contributed by atoms with Crippen molar-refractivity contribution in [1.29, 1.82) is 0 Å². The first-order chi connectivity index (χ1) is 9.79. The lowest BCUT2D eigenvalue weighted by Gasteiger charge is -2.07. The fraction of sp³-hybridized carbons (Fsp3) is 0.333. The van der Waals surface area contributed by atoms with Gasteiger partial charge in [0.15, 0.2) is 5.82 Å². The predicted octanol–water partition coefficient (Wildman–Crippen LogP) is 2.30. The van der Waals surface area contributed by atoms with Crippen LogP contribution in [0.15, 0.2) is 18.2 Å². The van der Waals surface area contributed by atoms with E-state index in [1.54, 1.807) is 0 Å². The van der Waals surface area contributed by atoms with Crippen LogP contribution < -0.4 is 11.1 Å². The number of nitrogens with one attached hydrogen (secondary N) is 1. The second-order valence-corrected chi connectivity index (χ2v) is 4.42. The van der Waals surface area contributed by atoms with Crippen molar-refractivity contribution in [3.8, 4) is 0 Å². The van der Waals surface area contributed by atoms with Crippen molar-refractivity contribution in [3.05, 3.63) is 23.8 Å². The van der Waals surface area contributed by atoms with E-state index in [4.69, 9.17) is 10.8 Å². The van der Waals surface area contributed by atoms with Crippen LogP contribution in [0.25, 0.3) is 10.9 Å². The molecule has 0 aliphatic rings. The van der Waals surface area contributed by atoms with E-state index in [0.717, 1.165) is 12.1 Å². The van der Waals surface area contributed by atoms with E-state index in [-0.39, 0.29) is 17.7 Å². The molecule has 0 radical (unpaired) electrons. The van der Waals surface area contributed by atoms with E-state index in [1.807, 2.05) is 0 Å². The fourth-order valence-corrected chi connectivity index (χ4v) is 1.97. The number of carboxylic acid groups (broad SMARTS) is 1. The summed E-state index contributed by atoms with van der Waals surface area (Å²) < 4.78 is 39.4. The van der Waals surface area contributed by atoms with Gasteiger partial charge >= 0.3 is 12.3 Å². The molecule has 0 bridgehead atoms. The third-order valence-corrected chi connectivity index (χ3v) is 2.93. The molecule has 4 N–H and O–H groups in total. The first-order valence-electron chi connectivity index (χ1n) is 6.09. The van der Waals surface area contributed by atoms with Gasteiger partial charge in [-0.2, -0.15) is 18.3 Å². The molecule has 1 amide bonds. The average Bonchev–Trinajstić information content (AvgIpc) is 2.70. The van der Waals surface area contributed by atoms with Gasteiger partial charge < -0.3 is 16.2 Å². The van der Waals surface area contributed by atoms with Crippen molar-refractivity contribution in [2.24, 2.45) is 0 Å². The zero-order valence-corrected chi connectivity index (χ0v) is 10.8. The highest BCUT2D eigenvalue weighted by Gasteiger charge is 2.31. The highest BCUT2D eigenvalue weighted by Crippen LogP contribution is 2.32. The van der Waals surface area contributed by atoms with Crippen molar-refractivity contribution in [2.45, 2.75) is 19.1 Å². The number of benzene rings is 1. The van der Waals surface area contributed by atoms with Gasteiger partial charge in [-0.15, -0.1) is 0 Å². The molecule has 21 heavy (non-hydrogen) atoms. The van der Waals surface area contributed by atoms with Crippen LogP contribution in [0, 0.1) is 0 Å². The highest BCUT2D eigenvalue weighted by molar-refractivity contribution is 5.89. The van der Waals surface area contributed by atoms with Gasteiger partial charge in [-0.3, -0.25) is 4.68 Å². The second kappa shape index (κ2) is 5.51. The number of aryl methyl sites for hydroxylation is 1. The molecule has 0 saturated carbocycles. The summed E-state index contributed by atoms with van der Waals surface area (Å²) >= 11 is 0. The van der Waals surface area contributed by atoms with E-state index < -0.39 is 17.8 Å². The summed E-state index contributed by atoms with van der Waals surface area (Å²) in [6.45, 7) is 0.566. The largest absolute Gasteiger partial charge is 0.465 e. The maximum absolute atomic E-state index is 12.6. The van der Waals surface area contributed by atoms with Gasteiger partial charge in [0.2, 0.25) is 0 Å². The van der Waals surface area contributed by atoms with Crippen LogP contribution in [-0.2, 0) is 12.7 Å². The van der Waals surface area contributed by atoms with Gasteiger partial charge in [0.05, 0.1) is 11.1 Å². The van der Waals surface area contributed by atoms with E-state index in [0.29, 0.717) is 18.5 Å². The van der Waals surface area contributed by atoms with Gasteiger partial charge in [-0.25, -0.2) is 4.79 Å². The number of anilines is 1. The molecule has 0 atom stereocenters. The number of fused-ring (bicyclic) bond motifs is 1. The number of amides is 1. The van der Waals surface area contributed by atoms with Crippen LogP contribution in [-0.4, -0.2) is 27.5 Å². The van der Waals surface area contributed by atoms with Gasteiger partial charge in [0, 0.05) is 18.5 Å². The topological polar surface area (TPSA) is 93.2 Å². The van der Waals surface area contributed by atoms with Crippen LogP contribution in [0.5, 0.6) is 0 Å². The van der Waals surface area contributed by atoms with E-state index in [1.165, 1.54) is 10.7 Å². The number of carbonyl (C=O) groups is 1. The zero-order chi connectivity index (χ0) is 15.6. The Bertz CT molecular complexity index is 666. The number of hydrogen-bond acceptors (Lipinski definition) is 3. The normalized spacial score (nSPS) is 11.8. The summed E-state index contributed by atoms with van der Waals surface area (Å²) in [6.07, 6.45) is -5.12. The lowest BCUT2D eigenvalue weighted by molar-refractivity contribution is -0.137. The number of halogens is 3. The standard InChI is InChI=1S/C12H13F3N4O2/c13-12(14,15)7-2-3-9-8(6-7)10(16)18-19(9)5-1-4-17-11(20)21/h2-3,6,17H,1,4-5H2,(H2,16,18)(H,20,21). The molecule has 114 valence electrons. The smallest absolute Gasteiger partial charge is 0.416 e. The monoisotopic (exact) mass is 302 g/mol. The van der Waals surface area contributed by atoms with E-state index in [2.05, 4.69) is 10.4 Å². The summed E-state index contributed by atoms with van der Waals surface area (Å²) in [5.74, 6) is 0.0160. The summed E-state index contributed by atoms with van der Waals surface area (Å²) in [5, 5.41) is 14.8. The first-order valence-corrected chi connectivity index (χ1v) is 6.09. The Balaban J connectivity index is 2.21. The molecule has 0 saturated heterocycles. The molecule has 0 spiro atoms. The Hall–Kier alpha value is -2.45. The van der Waals surface area contributed by atoms with Crippen molar-refractivity contribution in [1.82, 2.24) is 15.1 Å². The minimum atomic E-state index is -4.44. The molecule has 1 aromatic heterocycles. The molecule has 1 aromatic carbocycles. The van der Waals surface area contributed by atoms with Crippen molar-refractivity contribution in [3.63, 3.8) is 0 Å². The fourth-order valence-electron chi connectivity index (χ4n) is 1.97. The molecule has 6 nitrogen and oxygen atoms in total. The third-order valence-electron chi connectivity index (χ3n) is 2.93. The maximum Gasteiger partial charge on any atom is 0.416 e. The number of rotatable bonds is 4. The lowest BCUT2D eigenvalue weighted by Crippen LogP contribution is -2.23. The predicted molar refractivity (Wildman–Crippen MR) is 69.8 cm³/mol. The molecule has 2 aromatic rings. The summed E-state index contributed by atoms with van der Waals surface area (Å²) in [5.41, 5.74) is 5.33. The van der Waals surface area contributed by atoms with E-state index in [9.17, 15) is 18.0 Å². The lowest BCUT2D eigenvalue weighted by atomic mass is 10.1. The van der Waals surface area contributed by atoms with Crippen molar-refractivity contribution < 1.29 is 23.1 Å². The molecule has 0 aliphatic heterocycles. The number of alkyl halides is 3. The van der Waals surface area contributed by atoms with Crippen LogP contribution >= 0.6 is 0 Å². The summed E-state index contributed by atoms with van der Waals surface area (Å²) in [4.78, 5) is 10.3. The number of nitrogens with zero attached hydrogens (tertiary/aromatic N) is 2. The van der Waals surface area contributed by atoms with Gasteiger partial charge in [-0.05, 0) is 24.6 Å². The Kier molecular flexibility index (Phi) is 3.92. The maximum atomic E-state index is 12.6. The zero-order valence-electron chi connectivity index (χ0n) is 10.8. The SMILES string of the molecule is Nc1nn(CCCNC(=O)O)c2ccc(C(F)(F)F)cc12. The highest BCUT2D eigenvalue weighted by atomic mass is 19.4. The van der Waals surface area contributed by atoms with Crippen molar-refractivity contribution >= 4 is 22.8 Å². The Morgan fingerprint density at radius 3 is 2.76 bits per heavy atom. The number of nitrogens with two attached hydrogens (primary N) is 1. The van der Waals surface area contributed by atoms with Gasteiger partial charge in [-0.1, -0.05) is 0 Å². The second-order valence-electron chi connectivity index (χ2n) is 4.42. The summed E-state index contributed by atoms with van der Waals surface area (Å²) in [6, 6.07) is 3.24. The molecular weight excluding hydrogens is 289 g/mol. The average molecular weight is 302 g/mol. The molecule has 0 aliphatic carbocycles. The number of nitrogen functional groups attached to an aromatic ring is 1. The molecule has 2 rings (SSSR count). The first kappa shape index (κ1) is 14.9. The van der Waals surface area contributed by atoms with Gasteiger partial charge in [0.25, 0.3) is 0 Å². The molecule has 9 heteroatoms. The summed E-state index contributed by atoms with van der Waals surface area (Å²) in [7, 11) is 0. The van der Waals surface area contributed by atoms with Crippen LogP contribution in [0.3, 0.4) is 0 Å². The minimum Gasteiger partial charge on any atom is -0.465 e. The van der Waals surface area contributed by atoms with Crippen LogP contribution in [0.2, 0.25) is 0 Å². The van der Waals surface area contributed by atoms with E-state index >= 15 is 0 Å². The molecular formula is C12H13F3N4O2. The Morgan fingerprint density at radius 1 is 1.43 bits per heavy atom.